The number of carboxylic acids is 1. The zero-order valence-electron chi connectivity index (χ0n) is 10.2. The number of benzene rings is 1. The fourth-order valence-electron chi connectivity index (χ4n) is 1.60. The number of rotatable bonds is 4. The monoisotopic (exact) mass is 296 g/mol. The molecule has 1 rings (SSSR count). The van der Waals surface area contributed by atoms with Gasteiger partial charge in [-0.25, -0.2) is 0 Å². The van der Waals surface area contributed by atoms with Crippen LogP contribution in [0, 0.1) is 19.8 Å². The van der Waals surface area contributed by atoms with E-state index in [1.165, 1.54) is 12.1 Å². The van der Waals surface area contributed by atoms with Gasteiger partial charge in [-0.05, 0) is 37.1 Å². The standard InChI is InChI=1S/C12H12ClF3O3/c1-6-3-8(13)4-7(2)10(6)19-5-9(11(17)18)12(14,15)16/h3-4,9H,5H2,1-2H3,(H,17,18). The molecule has 0 aliphatic heterocycles. The van der Waals surface area contributed by atoms with E-state index >= 15 is 0 Å². The van der Waals surface area contributed by atoms with Crippen molar-refractivity contribution < 1.29 is 27.8 Å². The summed E-state index contributed by atoms with van der Waals surface area (Å²) < 4.78 is 42.4. The summed E-state index contributed by atoms with van der Waals surface area (Å²) in [5.41, 5.74) is 1.10. The van der Waals surface area contributed by atoms with Crippen LogP contribution >= 0.6 is 11.6 Å². The molecule has 1 aromatic carbocycles. The second-order valence-corrected chi connectivity index (χ2v) is 4.55. The molecular weight excluding hydrogens is 285 g/mol. The highest BCUT2D eigenvalue weighted by atomic mass is 35.5. The summed E-state index contributed by atoms with van der Waals surface area (Å²) >= 11 is 5.78. The third-order valence-corrected chi connectivity index (χ3v) is 2.73. The molecule has 0 heterocycles. The van der Waals surface area contributed by atoms with Gasteiger partial charge in [-0.2, -0.15) is 13.2 Å². The summed E-state index contributed by atoms with van der Waals surface area (Å²) in [5.74, 6) is -4.29. The molecule has 0 aliphatic carbocycles. The van der Waals surface area contributed by atoms with Crippen LogP contribution in [0.25, 0.3) is 0 Å². The molecule has 0 spiro atoms. The predicted molar refractivity (Wildman–Crippen MR) is 63.6 cm³/mol. The zero-order chi connectivity index (χ0) is 14.8. The smallest absolute Gasteiger partial charge is 0.405 e. The number of alkyl halides is 3. The number of aryl methyl sites for hydroxylation is 2. The van der Waals surface area contributed by atoms with Gasteiger partial charge >= 0.3 is 12.1 Å². The van der Waals surface area contributed by atoms with Crippen LogP contribution in [0.5, 0.6) is 5.75 Å². The van der Waals surface area contributed by atoms with E-state index in [9.17, 15) is 18.0 Å². The minimum atomic E-state index is -4.85. The summed E-state index contributed by atoms with van der Waals surface area (Å²) in [7, 11) is 0. The minimum absolute atomic E-state index is 0.222. The lowest BCUT2D eigenvalue weighted by Gasteiger charge is -2.18. The predicted octanol–water partition coefficient (Wildman–Crippen LogP) is 3.60. The molecule has 7 heteroatoms. The lowest BCUT2D eigenvalue weighted by Crippen LogP contribution is -2.35. The lowest BCUT2D eigenvalue weighted by atomic mass is 10.1. The Morgan fingerprint density at radius 1 is 1.37 bits per heavy atom. The Morgan fingerprint density at radius 3 is 2.21 bits per heavy atom. The molecule has 0 aromatic heterocycles. The number of hydrogen-bond acceptors (Lipinski definition) is 2. The van der Waals surface area contributed by atoms with Crippen molar-refractivity contribution in [2.75, 3.05) is 6.61 Å². The highest BCUT2D eigenvalue weighted by Gasteiger charge is 2.45. The first-order valence-corrected chi connectivity index (χ1v) is 5.69. The van der Waals surface area contributed by atoms with E-state index in [1.807, 2.05) is 0 Å². The molecule has 0 bridgehead atoms. The summed E-state index contributed by atoms with van der Waals surface area (Å²) in [5, 5.41) is 8.99. The molecule has 0 saturated heterocycles. The van der Waals surface area contributed by atoms with Crippen molar-refractivity contribution >= 4 is 17.6 Å². The Kier molecular flexibility index (Phi) is 4.68. The molecule has 19 heavy (non-hydrogen) atoms. The summed E-state index contributed by atoms with van der Waals surface area (Å²) in [6.07, 6.45) is -4.85. The van der Waals surface area contributed by atoms with E-state index in [-0.39, 0.29) is 5.75 Å². The van der Waals surface area contributed by atoms with E-state index in [0.717, 1.165) is 0 Å². The third kappa shape index (κ3) is 4.02. The highest BCUT2D eigenvalue weighted by Crippen LogP contribution is 2.30. The van der Waals surface area contributed by atoms with E-state index < -0.39 is 24.7 Å². The van der Waals surface area contributed by atoms with Crippen LogP contribution in [0.4, 0.5) is 13.2 Å². The Labute approximate surface area is 112 Å². The molecule has 3 nitrogen and oxygen atoms in total. The highest BCUT2D eigenvalue weighted by molar-refractivity contribution is 6.30. The molecule has 1 aromatic rings. The Hall–Kier alpha value is -1.43. The van der Waals surface area contributed by atoms with Gasteiger partial charge in [0.15, 0.2) is 5.92 Å². The van der Waals surface area contributed by atoms with Gasteiger partial charge in [-0.15, -0.1) is 0 Å². The quantitative estimate of drug-likeness (QED) is 0.923. The molecule has 0 saturated carbocycles. The Bertz CT molecular complexity index is 463. The van der Waals surface area contributed by atoms with Gasteiger partial charge in [0.05, 0.1) is 0 Å². The molecule has 106 valence electrons. The number of carbonyl (C=O) groups is 1. The summed E-state index contributed by atoms with van der Waals surface area (Å²) in [6.45, 7) is 2.28. The number of hydrogen-bond donors (Lipinski definition) is 1. The maximum Gasteiger partial charge on any atom is 0.405 e. The average molecular weight is 297 g/mol. The van der Waals surface area contributed by atoms with Crippen molar-refractivity contribution in [3.05, 3.63) is 28.3 Å². The number of carboxylic acid groups (broad SMARTS) is 1. The fraction of sp³-hybridized carbons (Fsp3) is 0.417. The third-order valence-electron chi connectivity index (χ3n) is 2.51. The fourth-order valence-corrected chi connectivity index (χ4v) is 1.92. The maximum atomic E-state index is 12.5. The van der Waals surface area contributed by atoms with E-state index in [4.69, 9.17) is 21.4 Å². The molecule has 0 fully saturated rings. The number of halogens is 4. The van der Waals surface area contributed by atoms with Crippen molar-refractivity contribution in [1.82, 2.24) is 0 Å². The average Bonchev–Trinajstić information content (AvgIpc) is 2.18. The van der Waals surface area contributed by atoms with Crippen LogP contribution in [0.15, 0.2) is 12.1 Å². The molecule has 1 atom stereocenters. The number of ether oxygens (including phenoxy) is 1. The van der Waals surface area contributed by atoms with Crippen molar-refractivity contribution in [2.24, 2.45) is 5.92 Å². The Morgan fingerprint density at radius 2 is 1.84 bits per heavy atom. The Balaban J connectivity index is 2.90. The minimum Gasteiger partial charge on any atom is -0.492 e. The van der Waals surface area contributed by atoms with Gasteiger partial charge in [0.2, 0.25) is 0 Å². The first-order chi connectivity index (χ1) is 8.62. The van der Waals surface area contributed by atoms with Gasteiger partial charge in [0.25, 0.3) is 0 Å². The van der Waals surface area contributed by atoms with E-state index in [1.54, 1.807) is 13.8 Å². The summed E-state index contributed by atoms with van der Waals surface area (Å²) in [4.78, 5) is 10.6. The first kappa shape index (κ1) is 15.6. The van der Waals surface area contributed by atoms with Crippen LogP contribution in [-0.4, -0.2) is 23.9 Å². The van der Waals surface area contributed by atoms with Gasteiger partial charge < -0.3 is 9.84 Å². The second kappa shape index (κ2) is 5.69. The van der Waals surface area contributed by atoms with Gasteiger partial charge in [-0.1, -0.05) is 11.6 Å². The normalized spacial score (nSPS) is 13.2. The van der Waals surface area contributed by atoms with Crippen molar-refractivity contribution in [3.8, 4) is 5.75 Å². The van der Waals surface area contributed by atoms with Crippen LogP contribution < -0.4 is 4.74 Å². The van der Waals surface area contributed by atoms with Crippen molar-refractivity contribution in [1.29, 1.82) is 0 Å². The van der Waals surface area contributed by atoms with Crippen molar-refractivity contribution in [2.45, 2.75) is 20.0 Å². The molecular formula is C12H12ClF3O3. The van der Waals surface area contributed by atoms with Gasteiger partial charge in [0, 0.05) is 5.02 Å². The second-order valence-electron chi connectivity index (χ2n) is 4.11. The molecule has 1 N–H and O–H groups in total. The lowest BCUT2D eigenvalue weighted by molar-refractivity contribution is -0.198. The maximum absolute atomic E-state index is 12.5. The largest absolute Gasteiger partial charge is 0.492 e. The van der Waals surface area contributed by atoms with Crippen LogP contribution in [0.3, 0.4) is 0 Å². The van der Waals surface area contributed by atoms with E-state index in [2.05, 4.69) is 0 Å². The zero-order valence-corrected chi connectivity index (χ0v) is 11.0. The first-order valence-electron chi connectivity index (χ1n) is 5.32. The molecule has 0 amide bonds. The molecule has 0 radical (unpaired) electrons. The van der Waals surface area contributed by atoms with Crippen LogP contribution in [0.2, 0.25) is 5.02 Å². The van der Waals surface area contributed by atoms with Gasteiger partial charge in [0.1, 0.15) is 12.4 Å². The SMILES string of the molecule is Cc1cc(Cl)cc(C)c1OCC(C(=O)O)C(F)(F)F. The van der Waals surface area contributed by atoms with Crippen LogP contribution in [-0.2, 0) is 4.79 Å². The number of aliphatic carboxylic acids is 1. The van der Waals surface area contributed by atoms with Crippen LogP contribution in [0.1, 0.15) is 11.1 Å². The molecule has 0 aliphatic rings. The van der Waals surface area contributed by atoms with Crippen molar-refractivity contribution in [3.63, 3.8) is 0 Å². The topological polar surface area (TPSA) is 46.5 Å². The molecule has 1 unspecified atom stereocenters. The van der Waals surface area contributed by atoms with E-state index in [0.29, 0.717) is 16.1 Å². The summed E-state index contributed by atoms with van der Waals surface area (Å²) in [6, 6.07) is 3.07. The van der Waals surface area contributed by atoms with Gasteiger partial charge in [-0.3, -0.25) is 4.79 Å².